The molecular weight excluding hydrogens is 655 g/mol. The molecule has 1 aromatic heterocycles. The average Bonchev–Trinajstić information content (AvgIpc) is 3.64. The van der Waals surface area contributed by atoms with E-state index in [-0.39, 0.29) is 0 Å². The Balaban J connectivity index is 1.02. The largest absolute Gasteiger partial charge is 0.454 e. The molecule has 0 amide bonds. The number of hydrogen-bond donors (Lipinski definition) is 0. The molecule has 1 heterocycles. The maximum Gasteiger partial charge on any atom is 0.159 e. The van der Waals surface area contributed by atoms with Gasteiger partial charge >= 0.3 is 0 Å². The van der Waals surface area contributed by atoms with Crippen LogP contribution >= 0.6 is 0 Å². The fourth-order valence-corrected chi connectivity index (χ4v) is 7.67. The number of furan rings is 1. The van der Waals surface area contributed by atoms with Gasteiger partial charge in [0.25, 0.3) is 0 Å². The molecule has 2 heteroatoms. The lowest BCUT2D eigenvalue weighted by Gasteiger charge is -2.26. The zero-order valence-electron chi connectivity index (χ0n) is 29.6. The maximum atomic E-state index is 6.58. The standard InChI is InChI=1S/C52H35NO/c1-2-10-36(11-3-1)38-20-22-39(23-21-38)40-26-30-46(31-27-40)53(50-18-9-17-49-48-16-6-7-19-51(48)54-52(49)50)47-32-28-41(29-33-47)43-14-8-15-44(34-43)45-25-24-37-12-4-5-13-42(37)35-45/h1-35H. The van der Waals surface area contributed by atoms with Gasteiger partial charge in [-0.25, -0.2) is 0 Å². The molecular formula is C52H35NO. The molecule has 0 N–H and O–H groups in total. The van der Waals surface area contributed by atoms with Crippen LogP contribution in [0.3, 0.4) is 0 Å². The van der Waals surface area contributed by atoms with E-state index in [0.717, 1.165) is 44.6 Å². The molecule has 9 aromatic carbocycles. The van der Waals surface area contributed by atoms with Crippen molar-refractivity contribution < 1.29 is 4.42 Å². The first-order chi connectivity index (χ1) is 26.7. The van der Waals surface area contributed by atoms with Crippen molar-refractivity contribution in [2.75, 3.05) is 4.90 Å². The summed E-state index contributed by atoms with van der Waals surface area (Å²) in [7, 11) is 0. The molecule has 2 nitrogen and oxygen atoms in total. The first-order valence-corrected chi connectivity index (χ1v) is 18.4. The van der Waals surface area contributed by atoms with Crippen LogP contribution in [0.25, 0.3) is 77.2 Å². The van der Waals surface area contributed by atoms with Crippen LogP contribution in [0, 0.1) is 0 Å². The Bertz CT molecular complexity index is 2900. The summed E-state index contributed by atoms with van der Waals surface area (Å²) in [5.74, 6) is 0. The Hall–Kier alpha value is -7.16. The van der Waals surface area contributed by atoms with Crippen LogP contribution in [-0.4, -0.2) is 0 Å². The summed E-state index contributed by atoms with van der Waals surface area (Å²) in [6.07, 6.45) is 0. The number of hydrogen-bond acceptors (Lipinski definition) is 2. The lowest BCUT2D eigenvalue weighted by Crippen LogP contribution is -2.10. The smallest absolute Gasteiger partial charge is 0.159 e. The SMILES string of the molecule is c1ccc(-c2ccc(-c3ccc(N(c4ccc(-c5cccc(-c6ccc7ccccc7c6)c5)cc4)c4cccc5c4oc4ccccc45)cc3)cc2)cc1. The predicted molar refractivity (Wildman–Crippen MR) is 228 cm³/mol. The van der Waals surface area contributed by atoms with E-state index < -0.39 is 0 Å². The third-order valence-electron chi connectivity index (χ3n) is 10.5. The van der Waals surface area contributed by atoms with Gasteiger partial charge in [0.05, 0.1) is 5.69 Å². The van der Waals surface area contributed by atoms with E-state index in [4.69, 9.17) is 4.42 Å². The molecule has 10 rings (SSSR count). The van der Waals surface area contributed by atoms with Gasteiger partial charge in [-0.05, 0) is 104 Å². The van der Waals surface area contributed by atoms with Crippen molar-refractivity contribution in [2.45, 2.75) is 0 Å². The first-order valence-electron chi connectivity index (χ1n) is 18.4. The molecule has 0 saturated heterocycles. The van der Waals surface area contributed by atoms with Crippen LogP contribution in [0.1, 0.15) is 0 Å². The second-order valence-corrected chi connectivity index (χ2v) is 13.8. The molecule has 0 aliphatic carbocycles. The van der Waals surface area contributed by atoms with E-state index in [1.165, 1.54) is 49.7 Å². The zero-order chi connectivity index (χ0) is 35.8. The van der Waals surface area contributed by atoms with Gasteiger partial charge in [0, 0.05) is 22.1 Å². The quantitative estimate of drug-likeness (QED) is 0.166. The summed E-state index contributed by atoms with van der Waals surface area (Å²) in [6.45, 7) is 0. The summed E-state index contributed by atoms with van der Waals surface area (Å²) in [5, 5.41) is 4.72. The van der Waals surface area contributed by atoms with Crippen molar-refractivity contribution in [3.63, 3.8) is 0 Å². The number of anilines is 3. The van der Waals surface area contributed by atoms with Crippen LogP contribution in [-0.2, 0) is 0 Å². The van der Waals surface area contributed by atoms with Gasteiger partial charge in [0.15, 0.2) is 5.58 Å². The molecule has 0 radical (unpaired) electrons. The number of rotatable bonds is 7. The molecule has 0 bridgehead atoms. The van der Waals surface area contributed by atoms with Crippen molar-refractivity contribution >= 4 is 49.8 Å². The van der Waals surface area contributed by atoms with E-state index in [2.05, 4.69) is 205 Å². The summed E-state index contributed by atoms with van der Waals surface area (Å²) in [6, 6.07) is 75.8. The van der Waals surface area contributed by atoms with E-state index >= 15 is 0 Å². The second-order valence-electron chi connectivity index (χ2n) is 13.8. The van der Waals surface area contributed by atoms with Gasteiger partial charge in [0.1, 0.15) is 5.58 Å². The highest BCUT2D eigenvalue weighted by molar-refractivity contribution is 6.10. The van der Waals surface area contributed by atoms with Crippen molar-refractivity contribution in [2.24, 2.45) is 0 Å². The van der Waals surface area contributed by atoms with Crippen LogP contribution in [0.5, 0.6) is 0 Å². The molecule has 254 valence electrons. The minimum atomic E-state index is 0.867. The van der Waals surface area contributed by atoms with Crippen LogP contribution in [0.4, 0.5) is 17.1 Å². The van der Waals surface area contributed by atoms with Crippen molar-refractivity contribution in [1.82, 2.24) is 0 Å². The number of para-hydroxylation sites is 2. The first kappa shape index (κ1) is 31.6. The summed E-state index contributed by atoms with van der Waals surface area (Å²) in [4.78, 5) is 2.31. The summed E-state index contributed by atoms with van der Waals surface area (Å²) in [5.41, 5.74) is 14.4. The van der Waals surface area contributed by atoms with Gasteiger partial charge in [-0.2, -0.15) is 0 Å². The second kappa shape index (κ2) is 13.4. The third kappa shape index (κ3) is 5.81. The highest BCUT2D eigenvalue weighted by Crippen LogP contribution is 2.43. The number of benzene rings is 9. The fraction of sp³-hybridized carbons (Fsp3) is 0. The summed E-state index contributed by atoms with van der Waals surface area (Å²) >= 11 is 0. The molecule has 0 aliphatic rings. The lowest BCUT2D eigenvalue weighted by atomic mass is 9.97. The predicted octanol–water partition coefficient (Wildman–Crippen LogP) is 14.9. The van der Waals surface area contributed by atoms with Crippen LogP contribution in [0.2, 0.25) is 0 Å². The highest BCUT2D eigenvalue weighted by Gasteiger charge is 2.19. The molecule has 0 saturated carbocycles. The van der Waals surface area contributed by atoms with E-state index in [0.29, 0.717) is 0 Å². The minimum absolute atomic E-state index is 0.867. The summed E-state index contributed by atoms with van der Waals surface area (Å²) < 4.78 is 6.58. The fourth-order valence-electron chi connectivity index (χ4n) is 7.67. The normalized spacial score (nSPS) is 11.3. The maximum absolute atomic E-state index is 6.58. The van der Waals surface area contributed by atoms with Gasteiger partial charge in [-0.15, -0.1) is 0 Å². The third-order valence-corrected chi connectivity index (χ3v) is 10.5. The van der Waals surface area contributed by atoms with Crippen molar-refractivity contribution in [1.29, 1.82) is 0 Å². The van der Waals surface area contributed by atoms with E-state index in [1.807, 2.05) is 12.1 Å². The average molecular weight is 690 g/mol. The molecule has 0 atom stereocenters. The van der Waals surface area contributed by atoms with Crippen LogP contribution in [0.15, 0.2) is 217 Å². The Morgan fingerprint density at radius 2 is 0.759 bits per heavy atom. The molecule has 0 unspecified atom stereocenters. The monoisotopic (exact) mass is 689 g/mol. The van der Waals surface area contributed by atoms with Crippen molar-refractivity contribution in [3.05, 3.63) is 212 Å². The number of fused-ring (bicyclic) bond motifs is 4. The lowest BCUT2D eigenvalue weighted by molar-refractivity contribution is 0.669. The van der Waals surface area contributed by atoms with Crippen LogP contribution < -0.4 is 4.90 Å². The zero-order valence-corrected chi connectivity index (χ0v) is 29.6. The Morgan fingerprint density at radius 3 is 1.46 bits per heavy atom. The molecule has 0 aliphatic heterocycles. The van der Waals surface area contributed by atoms with E-state index in [9.17, 15) is 0 Å². The molecule has 0 fully saturated rings. The van der Waals surface area contributed by atoms with E-state index in [1.54, 1.807) is 0 Å². The minimum Gasteiger partial charge on any atom is -0.454 e. The molecule has 54 heavy (non-hydrogen) atoms. The number of nitrogens with zero attached hydrogens (tertiary/aromatic N) is 1. The van der Waals surface area contributed by atoms with Crippen molar-refractivity contribution in [3.8, 4) is 44.5 Å². The molecule has 10 aromatic rings. The van der Waals surface area contributed by atoms with Gasteiger partial charge in [-0.1, -0.05) is 164 Å². The van der Waals surface area contributed by atoms with Gasteiger partial charge in [0.2, 0.25) is 0 Å². The van der Waals surface area contributed by atoms with Gasteiger partial charge in [-0.3, -0.25) is 0 Å². The topological polar surface area (TPSA) is 16.4 Å². The highest BCUT2D eigenvalue weighted by atomic mass is 16.3. The molecule has 0 spiro atoms. The Kier molecular flexibility index (Phi) is 7.85. The van der Waals surface area contributed by atoms with Gasteiger partial charge < -0.3 is 9.32 Å². The Labute approximate surface area is 314 Å². The Morgan fingerprint density at radius 1 is 0.296 bits per heavy atom.